The largest absolute Gasteiger partial charge is 0.330 e. The Kier molecular flexibility index (Phi) is 6.02. The van der Waals surface area contributed by atoms with Gasteiger partial charge in [-0.25, -0.2) is 0 Å². The van der Waals surface area contributed by atoms with Gasteiger partial charge in [0.2, 0.25) is 0 Å². The van der Waals surface area contributed by atoms with Crippen molar-refractivity contribution in [3.8, 4) is 0 Å². The second-order valence-electron chi connectivity index (χ2n) is 6.28. The Morgan fingerprint density at radius 3 is 2.55 bits per heavy atom. The van der Waals surface area contributed by atoms with E-state index in [9.17, 15) is 0 Å². The molecule has 3 atom stereocenters. The van der Waals surface area contributed by atoms with Crippen LogP contribution in [0.3, 0.4) is 0 Å². The first-order valence-corrected chi connectivity index (χ1v) is 7.86. The van der Waals surface area contributed by atoms with Gasteiger partial charge in [-0.2, -0.15) is 0 Å². The number of benzene rings is 1. The van der Waals surface area contributed by atoms with Crippen molar-refractivity contribution in [1.29, 1.82) is 0 Å². The zero-order chi connectivity index (χ0) is 14.4. The summed E-state index contributed by atoms with van der Waals surface area (Å²) in [7, 11) is 4.28. The molecule has 0 aliphatic heterocycles. The van der Waals surface area contributed by atoms with Gasteiger partial charge in [0.15, 0.2) is 0 Å². The van der Waals surface area contributed by atoms with E-state index >= 15 is 0 Å². The van der Waals surface area contributed by atoms with Crippen LogP contribution in [0.25, 0.3) is 0 Å². The average Bonchev–Trinajstić information content (AvgIpc) is 2.47. The molecule has 0 bridgehead atoms. The fourth-order valence-electron chi connectivity index (χ4n) is 3.27. The van der Waals surface area contributed by atoms with E-state index in [-0.39, 0.29) is 0 Å². The quantitative estimate of drug-likeness (QED) is 0.837. The van der Waals surface area contributed by atoms with Crippen molar-refractivity contribution in [2.45, 2.75) is 37.8 Å². The molecular formula is C17H29N3. The lowest BCUT2D eigenvalue weighted by atomic mass is 9.84. The molecular weight excluding hydrogens is 246 g/mol. The molecule has 0 amide bonds. The molecule has 3 nitrogen and oxygen atoms in total. The molecule has 1 saturated carbocycles. The van der Waals surface area contributed by atoms with Crippen LogP contribution in [-0.4, -0.2) is 38.1 Å². The molecule has 20 heavy (non-hydrogen) atoms. The number of rotatable bonds is 6. The highest BCUT2D eigenvalue weighted by atomic mass is 15.1. The maximum absolute atomic E-state index is 5.96. The monoisotopic (exact) mass is 275 g/mol. The molecule has 0 spiro atoms. The molecule has 1 fully saturated rings. The van der Waals surface area contributed by atoms with Gasteiger partial charge in [0.05, 0.1) is 0 Å². The molecule has 2 rings (SSSR count). The molecule has 3 heteroatoms. The predicted octanol–water partition coefficient (Wildman–Crippen LogP) is 2.40. The Bertz CT molecular complexity index is 377. The summed E-state index contributed by atoms with van der Waals surface area (Å²) in [6.45, 7) is 1.83. The summed E-state index contributed by atoms with van der Waals surface area (Å²) in [4.78, 5) is 2.25. The Labute approximate surface area is 123 Å². The molecule has 0 saturated heterocycles. The molecule has 1 aromatic rings. The Morgan fingerprint density at radius 2 is 1.90 bits per heavy atom. The van der Waals surface area contributed by atoms with Crippen LogP contribution >= 0.6 is 0 Å². The first kappa shape index (κ1) is 15.5. The highest BCUT2D eigenvalue weighted by Gasteiger charge is 2.26. The van der Waals surface area contributed by atoms with Gasteiger partial charge >= 0.3 is 0 Å². The Hall–Kier alpha value is -0.900. The van der Waals surface area contributed by atoms with Crippen LogP contribution in [0.5, 0.6) is 0 Å². The third-order valence-corrected chi connectivity index (χ3v) is 4.38. The third kappa shape index (κ3) is 4.30. The lowest BCUT2D eigenvalue weighted by Crippen LogP contribution is -2.45. The summed E-state index contributed by atoms with van der Waals surface area (Å²) in [6, 6.07) is 11.7. The highest BCUT2D eigenvalue weighted by Crippen LogP contribution is 2.26. The smallest absolute Gasteiger partial charge is 0.0451 e. The number of likely N-dealkylation sites (N-methyl/N-ethyl adjacent to an activating group) is 1. The molecule has 0 heterocycles. The van der Waals surface area contributed by atoms with Gasteiger partial charge in [-0.1, -0.05) is 43.2 Å². The van der Waals surface area contributed by atoms with Gasteiger partial charge in [-0.15, -0.1) is 0 Å². The molecule has 112 valence electrons. The predicted molar refractivity (Wildman–Crippen MR) is 85.7 cm³/mol. The SMILES string of the molecule is CN(C)CC(NC1CCCCC1CN)c1ccccc1. The van der Waals surface area contributed by atoms with Crippen LogP contribution in [0.1, 0.15) is 37.3 Å². The maximum atomic E-state index is 5.96. The summed E-state index contributed by atoms with van der Waals surface area (Å²) in [5, 5.41) is 3.88. The van der Waals surface area contributed by atoms with Gasteiger partial charge in [0.25, 0.3) is 0 Å². The van der Waals surface area contributed by atoms with Gasteiger partial charge in [-0.3, -0.25) is 0 Å². The normalized spacial score (nSPS) is 24.8. The first-order chi connectivity index (χ1) is 9.70. The van der Waals surface area contributed by atoms with E-state index in [0.29, 0.717) is 18.0 Å². The molecule has 3 unspecified atom stereocenters. The van der Waals surface area contributed by atoms with Crippen molar-refractivity contribution in [3.63, 3.8) is 0 Å². The van der Waals surface area contributed by atoms with Crippen molar-refractivity contribution in [1.82, 2.24) is 10.2 Å². The Balaban J connectivity index is 2.07. The van der Waals surface area contributed by atoms with E-state index in [2.05, 4.69) is 54.6 Å². The molecule has 0 aromatic heterocycles. The average molecular weight is 275 g/mol. The van der Waals surface area contributed by atoms with E-state index in [1.54, 1.807) is 0 Å². The number of hydrogen-bond acceptors (Lipinski definition) is 3. The van der Waals surface area contributed by atoms with Crippen molar-refractivity contribution in [3.05, 3.63) is 35.9 Å². The van der Waals surface area contributed by atoms with Crippen LogP contribution in [0.15, 0.2) is 30.3 Å². The lowest BCUT2D eigenvalue weighted by Gasteiger charge is -2.35. The second-order valence-corrected chi connectivity index (χ2v) is 6.28. The second kappa shape index (κ2) is 7.77. The minimum atomic E-state index is 0.392. The summed E-state index contributed by atoms with van der Waals surface area (Å²) in [6.07, 6.45) is 5.21. The summed E-state index contributed by atoms with van der Waals surface area (Å²) in [5.74, 6) is 0.636. The molecule has 0 radical (unpaired) electrons. The Morgan fingerprint density at radius 1 is 1.20 bits per heavy atom. The molecule has 1 aliphatic carbocycles. The van der Waals surface area contributed by atoms with Crippen molar-refractivity contribution < 1.29 is 0 Å². The maximum Gasteiger partial charge on any atom is 0.0451 e. The van der Waals surface area contributed by atoms with E-state index in [1.807, 2.05) is 0 Å². The van der Waals surface area contributed by atoms with Gasteiger partial charge in [0, 0.05) is 18.6 Å². The lowest BCUT2D eigenvalue weighted by molar-refractivity contribution is 0.228. The van der Waals surface area contributed by atoms with Crippen LogP contribution in [-0.2, 0) is 0 Å². The standard InChI is InChI=1S/C17H29N3/c1-20(2)13-17(14-8-4-3-5-9-14)19-16-11-7-6-10-15(16)12-18/h3-5,8-9,15-17,19H,6-7,10-13,18H2,1-2H3. The van der Waals surface area contributed by atoms with Crippen molar-refractivity contribution in [2.24, 2.45) is 11.7 Å². The molecule has 3 N–H and O–H groups in total. The number of nitrogens with zero attached hydrogens (tertiary/aromatic N) is 1. The molecule has 1 aliphatic rings. The fraction of sp³-hybridized carbons (Fsp3) is 0.647. The van der Waals surface area contributed by atoms with Gasteiger partial charge < -0.3 is 16.0 Å². The van der Waals surface area contributed by atoms with Crippen LogP contribution in [0, 0.1) is 5.92 Å². The van der Waals surface area contributed by atoms with E-state index in [4.69, 9.17) is 5.73 Å². The fourth-order valence-corrected chi connectivity index (χ4v) is 3.27. The summed E-state index contributed by atoms with van der Waals surface area (Å²) < 4.78 is 0. The highest BCUT2D eigenvalue weighted by molar-refractivity contribution is 5.19. The zero-order valence-electron chi connectivity index (χ0n) is 12.9. The topological polar surface area (TPSA) is 41.3 Å². The number of nitrogens with two attached hydrogens (primary N) is 1. The van der Waals surface area contributed by atoms with Crippen LogP contribution in [0.4, 0.5) is 0 Å². The minimum Gasteiger partial charge on any atom is -0.330 e. The van der Waals surface area contributed by atoms with Crippen molar-refractivity contribution >= 4 is 0 Å². The van der Waals surface area contributed by atoms with E-state index in [0.717, 1.165) is 13.1 Å². The first-order valence-electron chi connectivity index (χ1n) is 7.86. The van der Waals surface area contributed by atoms with Crippen LogP contribution < -0.4 is 11.1 Å². The molecule has 1 aromatic carbocycles. The van der Waals surface area contributed by atoms with Crippen molar-refractivity contribution in [2.75, 3.05) is 27.2 Å². The van der Waals surface area contributed by atoms with Crippen LogP contribution in [0.2, 0.25) is 0 Å². The third-order valence-electron chi connectivity index (χ3n) is 4.38. The van der Waals surface area contributed by atoms with E-state index < -0.39 is 0 Å². The number of hydrogen-bond donors (Lipinski definition) is 2. The zero-order valence-corrected chi connectivity index (χ0v) is 12.9. The van der Waals surface area contributed by atoms with E-state index in [1.165, 1.54) is 31.2 Å². The summed E-state index contributed by atoms with van der Waals surface area (Å²) >= 11 is 0. The summed E-state index contributed by atoms with van der Waals surface area (Å²) in [5.41, 5.74) is 7.34. The van der Waals surface area contributed by atoms with Gasteiger partial charge in [-0.05, 0) is 45.0 Å². The minimum absolute atomic E-state index is 0.392. The number of nitrogens with one attached hydrogen (secondary N) is 1. The van der Waals surface area contributed by atoms with Gasteiger partial charge in [0.1, 0.15) is 0 Å².